The van der Waals surface area contributed by atoms with Gasteiger partial charge in [0.25, 0.3) is 0 Å². The van der Waals surface area contributed by atoms with Crippen molar-refractivity contribution in [2.45, 2.75) is 30.7 Å². The molecule has 0 aliphatic carbocycles. The summed E-state index contributed by atoms with van der Waals surface area (Å²) in [6.07, 6.45) is -5.16. The quantitative estimate of drug-likeness (QED) is 0.607. The van der Waals surface area contributed by atoms with Gasteiger partial charge in [0.05, 0.1) is 5.56 Å². The standard InChI is InChI=1S/C14H17BrO6/c1-19-14-11(17)10(16)12(9(7-15)20-14)21-13(18)8-5-3-2-4-6-8/h2-6,9-12,14,16-17H,7H2,1H3/t9-,10-,11-,12-,14+/m1/s1. The number of hydrogen-bond acceptors (Lipinski definition) is 6. The first-order valence-corrected chi connectivity index (χ1v) is 7.57. The maximum Gasteiger partial charge on any atom is 0.338 e. The van der Waals surface area contributed by atoms with Crippen LogP contribution in [-0.4, -0.2) is 59.3 Å². The van der Waals surface area contributed by atoms with Gasteiger partial charge in [0.2, 0.25) is 0 Å². The van der Waals surface area contributed by atoms with Crippen LogP contribution in [0, 0.1) is 0 Å². The predicted molar refractivity (Wildman–Crippen MR) is 77.1 cm³/mol. The monoisotopic (exact) mass is 360 g/mol. The van der Waals surface area contributed by atoms with Crippen LogP contribution in [0.25, 0.3) is 0 Å². The number of rotatable bonds is 4. The molecule has 1 heterocycles. The third kappa shape index (κ3) is 3.61. The summed E-state index contributed by atoms with van der Waals surface area (Å²) in [6, 6.07) is 8.42. The van der Waals surface area contributed by atoms with Crippen LogP contribution in [0.2, 0.25) is 0 Å². The van der Waals surface area contributed by atoms with Crippen molar-refractivity contribution >= 4 is 21.9 Å². The normalized spacial score (nSPS) is 32.7. The summed E-state index contributed by atoms with van der Waals surface area (Å²) in [6.45, 7) is 0. The molecule has 0 radical (unpaired) electrons. The number of aliphatic hydroxyl groups excluding tert-OH is 2. The summed E-state index contributed by atoms with van der Waals surface area (Å²) in [5.41, 5.74) is 0.362. The molecule has 0 amide bonds. The molecule has 1 aliphatic rings. The number of benzene rings is 1. The molecule has 2 N–H and O–H groups in total. The van der Waals surface area contributed by atoms with Gasteiger partial charge in [-0.05, 0) is 12.1 Å². The maximum absolute atomic E-state index is 12.1. The van der Waals surface area contributed by atoms with E-state index in [4.69, 9.17) is 14.2 Å². The van der Waals surface area contributed by atoms with E-state index in [0.717, 1.165) is 0 Å². The van der Waals surface area contributed by atoms with Gasteiger partial charge >= 0.3 is 5.97 Å². The molecule has 5 atom stereocenters. The Morgan fingerprint density at radius 2 is 1.95 bits per heavy atom. The second-order valence-electron chi connectivity index (χ2n) is 4.65. The lowest BCUT2D eigenvalue weighted by atomic mass is 9.99. The van der Waals surface area contributed by atoms with Gasteiger partial charge in [-0.25, -0.2) is 4.79 Å². The Morgan fingerprint density at radius 1 is 1.29 bits per heavy atom. The van der Waals surface area contributed by atoms with Crippen LogP contribution in [0.5, 0.6) is 0 Å². The number of halogens is 1. The highest BCUT2D eigenvalue weighted by Gasteiger charge is 2.46. The molecule has 7 heteroatoms. The number of hydrogen-bond donors (Lipinski definition) is 2. The van der Waals surface area contributed by atoms with E-state index in [0.29, 0.717) is 10.9 Å². The van der Waals surface area contributed by atoms with Crippen LogP contribution in [0.4, 0.5) is 0 Å². The highest BCUT2D eigenvalue weighted by molar-refractivity contribution is 9.09. The first kappa shape index (κ1) is 16.4. The summed E-state index contributed by atoms with van der Waals surface area (Å²) < 4.78 is 15.7. The van der Waals surface area contributed by atoms with Crippen molar-refractivity contribution in [3.8, 4) is 0 Å². The van der Waals surface area contributed by atoms with E-state index in [-0.39, 0.29) is 0 Å². The number of esters is 1. The Kier molecular flexibility index (Phi) is 5.72. The summed E-state index contributed by atoms with van der Waals surface area (Å²) >= 11 is 3.24. The third-order valence-electron chi connectivity index (χ3n) is 3.28. The Hall–Kier alpha value is -0.990. The number of ether oxygens (including phenoxy) is 3. The minimum Gasteiger partial charge on any atom is -0.453 e. The van der Waals surface area contributed by atoms with Crippen LogP contribution in [0.3, 0.4) is 0 Å². The molecule has 0 spiro atoms. The minimum absolute atomic E-state index is 0.323. The van der Waals surface area contributed by atoms with Gasteiger partial charge in [0, 0.05) is 12.4 Å². The van der Waals surface area contributed by atoms with Gasteiger partial charge in [-0.3, -0.25) is 0 Å². The molecule has 0 bridgehead atoms. The van der Waals surface area contributed by atoms with Crippen LogP contribution in [0.1, 0.15) is 10.4 Å². The van der Waals surface area contributed by atoms with E-state index in [2.05, 4.69) is 15.9 Å². The fourth-order valence-corrected chi connectivity index (χ4v) is 2.66. The van der Waals surface area contributed by atoms with Gasteiger partial charge < -0.3 is 24.4 Å². The van der Waals surface area contributed by atoms with Crippen LogP contribution in [-0.2, 0) is 14.2 Å². The summed E-state index contributed by atoms with van der Waals surface area (Å²) in [7, 11) is 1.36. The van der Waals surface area contributed by atoms with E-state index in [9.17, 15) is 15.0 Å². The molecule has 0 unspecified atom stereocenters. The van der Waals surface area contributed by atoms with Crippen molar-refractivity contribution in [3.05, 3.63) is 35.9 Å². The van der Waals surface area contributed by atoms with Crippen LogP contribution < -0.4 is 0 Å². The number of alkyl halides is 1. The second-order valence-corrected chi connectivity index (χ2v) is 5.30. The average molecular weight is 361 g/mol. The molecule has 1 aromatic rings. The van der Waals surface area contributed by atoms with E-state index in [1.165, 1.54) is 7.11 Å². The first-order chi connectivity index (χ1) is 10.1. The molecule has 6 nitrogen and oxygen atoms in total. The molecule has 116 valence electrons. The van der Waals surface area contributed by atoms with Crippen molar-refractivity contribution in [3.63, 3.8) is 0 Å². The molecular weight excluding hydrogens is 344 g/mol. The fourth-order valence-electron chi connectivity index (χ4n) is 2.14. The van der Waals surface area contributed by atoms with Gasteiger partial charge in [-0.1, -0.05) is 34.1 Å². The summed E-state index contributed by atoms with van der Waals surface area (Å²) in [5.74, 6) is -0.586. The molecule has 1 aliphatic heterocycles. The lowest BCUT2D eigenvalue weighted by molar-refractivity contribution is -0.284. The summed E-state index contributed by atoms with van der Waals surface area (Å²) in [5, 5.41) is 20.3. The van der Waals surface area contributed by atoms with Crippen LogP contribution in [0.15, 0.2) is 30.3 Å². The zero-order valence-electron chi connectivity index (χ0n) is 11.4. The number of aliphatic hydroxyl groups is 2. The Labute approximate surface area is 130 Å². The SMILES string of the molecule is CO[C@H]1O[C@H](CBr)[C@@H](OC(=O)c2ccccc2)[C@H](O)[C@H]1O. The van der Waals surface area contributed by atoms with E-state index < -0.39 is 36.7 Å². The van der Waals surface area contributed by atoms with E-state index in [1.54, 1.807) is 30.3 Å². The van der Waals surface area contributed by atoms with Gasteiger partial charge in [-0.15, -0.1) is 0 Å². The Bertz CT molecular complexity index is 466. The van der Waals surface area contributed by atoms with Crippen molar-refractivity contribution in [2.24, 2.45) is 0 Å². The molecule has 2 rings (SSSR count). The lowest BCUT2D eigenvalue weighted by Gasteiger charge is -2.40. The number of carbonyl (C=O) groups is 1. The average Bonchev–Trinajstić information content (AvgIpc) is 2.53. The predicted octanol–water partition coefficient (Wildman–Crippen LogP) is 0.700. The third-order valence-corrected chi connectivity index (χ3v) is 3.92. The fraction of sp³-hybridized carbons (Fsp3) is 0.500. The molecule has 21 heavy (non-hydrogen) atoms. The number of carbonyl (C=O) groups excluding carboxylic acids is 1. The van der Waals surface area contributed by atoms with Crippen molar-refractivity contribution < 1.29 is 29.2 Å². The largest absolute Gasteiger partial charge is 0.453 e. The first-order valence-electron chi connectivity index (χ1n) is 6.45. The Balaban J connectivity index is 2.11. The molecule has 0 saturated carbocycles. The highest BCUT2D eigenvalue weighted by Crippen LogP contribution is 2.26. The molecule has 1 saturated heterocycles. The number of methoxy groups -OCH3 is 1. The highest BCUT2D eigenvalue weighted by atomic mass is 79.9. The van der Waals surface area contributed by atoms with E-state index in [1.807, 2.05) is 0 Å². The molecule has 1 fully saturated rings. The zero-order chi connectivity index (χ0) is 15.4. The van der Waals surface area contributed by atoms with Crippen molar-refractivity contribution in [1.82, 2.24) is 0 Å². The Morgan fingerprint density at radius 3 is 2.52 bits per heavy atom. The molecular formula is C14H17BrO6. The van der Waals surface area contributed by atoms with Crippen molar-refractivity contribution in [2.75, 3.05) is 12.4 Å². The molecule has 1 aromatic carbocycles. The molecule has 0 aromatic heterocycles. The smallest absolute Gasteiger partial charge is 0.338 e. The lowest BCUT2D eigenvalue weighted by Crippen LogP contribution is -2.59. The van der Waals surface area contributed by atoms with Gasteiger partial charge in [0.1, 0.15) is 18.3 Å². The maximum atomic E-state index is 12.1. The van der Waals surface area contributed by atoms with E-state index >= 15 is 0 Å². The van der Waals surface area contributed by atoms with Crippen LogP contribution >= 0.6 is 15.9 Å². The minimum atomic E-state index is -1.29. The van der Waals surface area contributed by atoms with Gasteiger partial charge in [-0.2, -0.15) is 0 Å². The topological polar surface area (TPSA) is 85.2 Å². The zero-order valence-corrected chi connectivity index (χ0v) is 13.0. The van der Waals surface area contributed by atoms with Crippen molar-refractivity contribution in [1.29, 1.82) is 0 Å². The summed E-state index contributed by atoms with van der Waals surface area (Å²) in [4.78, 5) is 12.1. The second kappa shape index (κ2) is 7.33. The van der Waals surface area contributed by atoms with Gasteiger partial charge in [0.15, 0.2) is 12.4 Å².